The molecule has 1 N–H and O–H groups in total. The molecule has 0 saturated carbocycles. The van der Waals surface area contributed by atoms with Crippen LogP contribution in [0.5, 0.6) is 0 Å². The Hall–Kier alpha value is -2.65. The van der Waals surface area contributed by atoms with Crippen molar-refractivity contribution in [2.75, 3.05) is 0 Å². The monoisotopic (exact) mass is 552 g/mol. The Balaban J connectivity index is 2.83. The first-order valence-electron chi connectivity index (χ1n) is 9.13. The zero-order chi connectivity index (χ0) is 28.2. The van der Waals surface area contributed by atoms with Crippen molar-refractivity contribution < 1.29 is 71.0 Å². The molecule has 0 radical (unpaired) electrons. The summed E-state index contributed by atoms with van der Waals surface area (Å²) in [5, 5.41) is 10.6. The van der Waals surface area contributed by atoms with Crippen molar-refractivity contribution in [2.45, 2.75) is 47.3 Å². The number of aliphatic hydroxyl groups is 1. The molecule has 0 aromatic heterocycles. The van der Waals surface area contributed by atoms with Crippen LogP contribution in [0.15, 0.2) is 60.7 Å². The molecule has 2 rings (SSSR count). The predicted molar refractivity (Wildman–Crippen MR) is 91.6 cm³/mol. The van der Waals surface area contributed by atoms with E-state index in [2.05, 4.69) is 0 Å². The summed E-state index contributed by atoms with van der Waals surface area (Å²) >= 11 is 0. The van der Waals surface area contributed by atoms with Crippen molar-refractivity contribution in [1.29, 1.82) is 0 Å². The van der Waals surface area contributed by atoms with Crippen molar-refractivity contribution in [3.05, 3.63) is 71.8 Å². The van der Waals surface area contributed by atoms with Crippen molar-refractivity contribution in [3.8, 4) is 0 Å². The molecule has 202 valence electrons. The highest BCUT2D eigenvalue weighted by molar-refractivity contribution is 5.40. The van der Waals surface area contributed by atoms with Crippen molar-refractivity contribution in [3.63, 3.8) is 0 Å². The highest BCUT2D eigenvalue weighted by Crippen LogP contribution is 2.64. The van der Waals surface area contributed by atoms with Gasteiger partial charge in [-0.25, -0.2) is 0 Å². The van der Waals surface area contributed by atoms with E-state index in [0.717, 1.165) is 36.4 Å². The second-order valence-electron chi connectivity index (χ2n) is 7.39. The van der Waals surface area contributed by atoms with E-state index in [4.69, 9.17) is 0 Å². The molecule has 0 bridgehead atoms. The van der Waals surface area contributed by atoms with Gasteiger partial charge in [0.25, 0.3) is 0 Å². The van der Waals surface area contributed by atoms with Gasteiger partial charge in [0.2, 0.25) is 0 Å². The van der Waals surface area contributed by atoms with Gasteiger partial charge in [0.05, 0.1) is 0 Å². The number of hydrogen-bond acceptors (Lipinski definition) is 1. The molecular weight excluding hydrogens is 541 g/mol. The fourth-order valence-corrected chi connectivity index (χ4v) is 3.08. The Morgan fingerprint density at radius 1 is 0.361 bits per heavy atom. The molecular formula is C20H11F15O. The maximum Gasteiger partial charge on any atom is 0.460 e. The van der Waals surface area contributed by atoms with Gasteiger partial charge in [-0.2, -0.15) is 65.9 Å². The van der Waals surface area contributed by atoms with Gasteiger partial charge < -0.3 is 5.11 Å². The number of halogens is 15. The number of rotatable bonds is 8. The molecule has 0 aliphatic carbocycles. The molecule has 0 aliphatic rings. The summed E-state index contributed by atoms with van der Waals surface area (Å²) in [7, 11) is 0. The van der Waals surface area contributed by atoms with E-state index in [0.29, 0.717) is 24.3 Å². The Kier molecular flexibility index (Phi) is 6.94. The van der Waals surface area contributed by atoms with Crippen LogP contribution in [0.25, 0.3) is 0 Å². The average molecular weight is 552 g/mol. The summed E-state index contributed by atoms with van der Waals surface area (Å²) in [5.74, 6) is -48.0. The average Bonchev–Trinajstić information content (AvgIpc) is 2.78. The highest BCUT2D eigenvalue weighted by atomic mass is 19.4. The molecule has 0 heterocycles. The maximum absolute atomic E-state index is 15.1. The Morgan fingerprint density at radius 3 is 0.889 bits per heavy atom. The predicted octanol–water partition coefficient (Wildman–Crippen LogP) is 7.30. The van der Waals surface area contributed by atoms with Crippen molar-refractivity contribution >= 4 is 0 Å². The van der Waals surface area contributed by atoms with E-state index >= 15 is 8.78 Å². The van der Waals surface area contributed by atoms with E-state index in [-0.39, 0.29) is 0 Å². The SMILES string of the molecule is OC(c1ccccc1)(c1ccccc1)C(F)(F)C(F)(F)C(F)(F)C(F)(F)C(F)(F)C(F)(F)C(F)(F)F. The van der Waals surface area contributed by atoms with Crippen LogP contribution in [0.1, 0.15) is 11.1 Å². The standard InChI is InChI=1S/C20H11F15O/c21-14(22,13(36,11-7-3-1-4-8-11)12-9-5-2-6-10-12)15(23,24)16(25,26)17(27,28)18(29,30)19(31,32)20(33,34)35/h1-10,36H. The summed E-state index contributed by atoms with van der Waals surface area (Å²) in [6.45, 7) is 0. The van der Waals surface area contributed by atoms with Crippen LogP contribution in [-0.4, -0.2) is 46.8 Å². The third kappa shape index (κ3) is 3.70. The molecule has 1 nitrogen and oxygen atoms in total. The van der Waals surface area contributed by atoms with Gasteiger partial charge >= 0.3 is 41.7 Å². The zero-order valence-electron chi connectivity index (χ0n) is 16.9. The molecule has 0 saturated heterocycles. The molecule has 0 atom stereocenters. The third-order valence-electron chi connectivity index (χ3n) is 5.17. The van der Waals surface area contributed by atoms with Crippen LogP contribution in [0, 0.1) is 0 Å². The van der Waals surface area contributed by atoms with Crippen LogP contribution >= 0.6 is 0 Å². The third-order valence-corrected chi connectivity index (χ3v) is 5.17. The topological polar surface area (TPSA) is 20.2 Å². The molecule has 2 aromatic carbocycles. The molecule has 2 aromatic rings. The van der Waals surface area contributed by atoms with Gasteiger partial charge in [0, 0.05) is 0 Å². The molecule has 0 fully saturated rings. The first-order chi connectivity index (χ1) is 16.0. The van der Waals surface area contributed by atoms with Crippen LogP contribution in [0.4, 0.5) is 65.9 Å². The van der Waals surface area contributed by atoms with Crippen molar-refractivity contribution in [2.24, 2.45) is 0 Å². The minimum atomic E-state index is -8.44. The van der Waals surface area contributed by atoms with E-state index < -0.39 is 58.4 Å². The molecule has 36 heavy (non-hydrogen) atoms. The molecule has 0 amide bonds. The second kappa shape index (κ2) is 8.45. The lowest BCUT2D eigenvalue weighted by Crippen LogP contribution is -2.74. The summed E-state index contributed by atoms with van der Waals surface area (Å²) < 4.78 is 205. The maximum atomic E-state index is 15.1. The minimum Gasteiger partial charge on any atom is -0.374 e. The van der Waals surface area contributed by atoms with Gasteiger partial charge in [-0.15, -0.1) is 0 Å². The number of alkyl halides is 15. The van der Waals surface area contributed by atoms with Gasteiger partial charge in [-0.05, 0) is 11.1 Å². The first-order valence-corrected chi connectivity index (χ1v) is 9.13. The molecule has 0 aliphatic heterocycles. The Bertz CT molecular complexity index is 1010. The summed E-state index contributed by atoms with van der Waals surface area (Å²) in [4.78, 5) is 0. The van der Waals surface area contributed by atoms with E-state index in [1.807, 2.05) is 0 Å². The fourth-order valence-electron chi connectivity index (χ4n) is 3.08. The quantitative estimate of drug-likeness (QED) is 0.341. The number of hydrogen-bond donors (Lipinski definition) is 1. The largest absolute Gasteiger partial charge is 0.460 e. The first kappa shape index (κ1) is 29.6. The lowest BCUT2D eigenvalue weighted by molar-refractivity contribution is -0.459. The molecule has 0 unspecified atom stereocenters. The van der Waals surface area contributed by atoms with Gasteiger partial charge in [-0.3, -0.25) is 0 Å². The van der Waals surface area contributed by atoms with Crippen LogP contribution < -0.4 is 0 Å². The van der Waals surface area contributed by atoms with E-state index in [9.17, 15) is 62.2 Å². The van der Waals surface area contributed by atoms with Crippen LogP contribution in [0.3, 0.4) is 0 Å². The Morgan fingerprint density at radius 2 is 0.611 bits per heavy atom. The van der Waals surface area contributed by atoms with Gasteiger partial charge in [0.1, 0.15) is 0 Å². The lowest BCUT2D eigenvalue weighted by Gasteiger charge is -2.45. The van der Waals surface area contributed by atoms with Crippen LogP contribution in [0.2, 0.25) is 0 Å². The second-order valence-corrected chi connectivity index (χ2v) is 7.39. The number of benzene rings is 2. The fraction of sp³-hybridized carbons (Fsp3) is 0.400. The van der Waals surface area contributed by atoms with E-state index in [1.165, 1.54) is 0 Å². The van der Waals surface area contributed by atoms with E-state index in [1.54, 1.807) is 0 Å². The molecule has 16 heteroatoms. The summed E-state index contributed by atoms with van der Waals surface area (Å²) in [6.07, 6.45) is -7.69. The zero-order valence-corrected chi connectivity index (χ0v) is 16.9. The van der Waals surface area contributed by atoms with Gasteiger partial charge in [-0.1, -0.05) is 60.7 Å². The van der Waals surface area contributed by atoms with Crippen molar-refractivity contribution in [1.82, 2.24) is 0 Å². The Labute approximate surface area is 191 Å². The van der Waals surface area contributed by atoms with Crippen LogP contribution in [-0.2, 0) is 5.60 Å². The minimum absolute atomic E-state index is 0.416. The highest BCUT2D eigenvalue weighted by Gasteiger charge is 2.94. The lowest BCUT2D eigenvalue weighted by atomic mass is 9.75. The summed E-state index contributed by atoms with van der Waals surface area (Å²) in [6, 6.07) is 6.86. The normalized spacial score (nSPS) is 15.2. The summed E-state index contributed by atoms with van der Waals surface area (Å²) in [5.41, 5.74) is -7.49. The van der Waals surface area contributed by atoms with Gasteiger partial charge in [0.15, 0.2) is 5.60 Å². The molecule has 0 spiro atoms. The smallest absolute Gasteiger partial charge is 0.374 e.